The molecule has 0 spiro atoms. The number of hydrogen-bond acceptors (Lipinski definition) is 8. The van der Waals surface area contributed by atoms with Gasteiger partial charge in [-0.2, -0.15) is 5.26 Å². The minimum atomic E-state index is -1.18. The van der Waals surface area contributed by atoms with E-state index in [9.17, 15) is 25.0 Å². The highest BCUT2D eigenvalue weighted by atomic mass is 32.1. The van der Waals surface area contributed by atoms with E-state index in [-0.39, 0.29) is 5.76 Å². The molecule has 1 amide bonds. The molecule has 2 aromatic heterocycles. The number of nitriles is 1. The topological polar surface area (TPSA) is 135 Å². The van der Waals surface area contributed by atoms with Crippen LogP contribution in [-0.2, 0) is 22.4 Å². The van der Waals surface area contributed by atoms with Crippen molar-refractivity contribution in [1.29, 1.82) is 5.26 Å². The number of furan rings is 1. The van der Waals surface area contributed by atoms with Crippen molar-refractivity contribution >= 4 is 34.1 Å². The summed E-state index contributed by atoms with van der Waals surface area (Å²) in [6.07, 6.45) is 3.69. The van der Waals surface area contributed by atoms with E-state index in [0.717, 1.165) is 54.7 Å². The Morgan fingerprint density at radius 1 is 1.36 bits per heavy atom. The first-order valence-electron chi connectivity index (χ1n) is 8.71. The third kappa shape index (κ3) is 4.04. The Morgan fingerprint density at radius 2 is 2.11 bits per heavy atom. The van der Waals surface area contributed by atoms with Crippen LogP contribution in [0.3, 0.4) is 0 Å². The van der Waals surface area contributed by atoms with Gasteiger partial charge in [-0.3, -0.25) is 14.9 Å². The molecular weight excluding hydrogens is 386 g/mol. The zero-order valence-electron chi connectivity index (χ0n) is 15.0. The zero-order chi connectivity index (χ0) is 20.3. The van der Waals surface area contributed by atoms with Crippen LogP contribution in [0.15, 0.2) is 16.5 Å². The molecule has 1 unspecified atom stereocenters. The number of hydrogen-bond donors (Lipinski definition) is 1. The monoisotopic (exact) mass is 403 g/mol. The van der Waals surface area contributed by atoms with Gasteiger partial charge in [-0.1, -0.05) is 6.42 Å². The highest BCUT2D eigenvalue weighted by molar-refractivity contribution is 7.16. The lowest BCUT2D eigenvalue weighted by molar-refractivity contribution is -0.402. The maximum Gasteiger partial charge on any atom is 0.433 e. The number of nitrogens with one attached hydrogen (secondary N) is 1. The molecule has 0 aromatic carbocycles. The van der Waals surface area contributed by atoms with Crippen LogP contribution in [0.5, 0.6) is 0 Å². The Hall–Kier alpha value is -3.19. The standard InChI is InChI=1S/C18H17N3O6S/c1-10(26-18(23)13-7-8-15(27-13)21(24)25)16(22)20-17-12(9-19)11-5-3-2-4-6-14(11)28-17/h7-8,10H,2-6H2,1H3,(H,20,22). The van der Waals surface area contributed by atoms with Gasteiger partial charge in [-0.15, -0.1) is 11.3 Å². The van der Waals surface area contributed by atoms with Crippen molar-refractivity contribution in [3.8, 4) is 6.07 Å². The molecule has 3 rings (SSSR count). The predicted octanol–water partition coefficient (Wildman–Crippen LogP) is 3.57. The van der Waals surface area contributed by atoms with E-state index in [0.29, 0.717) is 10.6 Å². The Morgan fingerprint density at radius 3 is 2.79 bits per heavy atom. The molecule has 28 heavy (non-hydrogen) atoms. The molecular formula is C18H17N3O6S. The summed E-state index contributed by atoms with van der Waals surface area (Å²) in [5.41, 5.74) is 1.46. The van der Waals surface area contributed by atoms with E-state index in [1.165, 1.54) is 18.3 Å². The van der Waals surface area contributed by atoms with Crippen molar-refractivity contribution < 1.29 is 23.7 Å². The first kappa shape index (κ1) is 19.6. The number of anilines is 1. The maximum absolute atomic E-state index is 12.4. The van der Waals surface area contributed by atoms with E-state index in [1.807, 2.05) is 0 Å². The van der Waals surface area contributed by atoms with Crippen LogP contribution in [0.1, 0.15) is 52.7 Å². The van der Waals surface area contributed by atoms with E-state index >= 15 is 0 Å². The fourth-order valence-electron chi connectivity index (χ4n) is 2.97. The second-order valence-electron chi connectivity index (χ2n) is 6.31. The van der Waals surface area contributed by atoms with Crippen LogP contribution in [0.2, 0.25) is 0 Å². The van der Waals surface area contributed by atoms with Crippen molar-refractivity contribution in [2.75, 3.05) is 5.32 Å². The molecule has 146 valence electrons. The number of carbonyl (C=O) groups excluding carboxylic acids is 2. The molecule has 1 aliphatic carbocycles. The Balaban J connectivity index is 1.68. The van der Waals surface area contributed by atoms with Crippen molar-refractivity contribution in [2.24, 2.45) is 0 Å². The van der Waals surface area contributed by atoms with Crippen LogP contribution >= 0.6 is 11.3 Å². The molecule has 0 radical (unpaired) electrons. The van der Waals surface area contributed by atoms with Gasteiger partial charge in [0.05, 0.1) is 11.6 Å². The van der Waals surface area contributed by atoms with Gasteiger partial charge < -0.3 is 14.5 Å². The third-order valence-corrected chi connectivity index (χ3v) is 5.60. The number of fused-ring (bicyclic) bond motifs is 1. The number of nitrogens with zero attached hydrogens (tertiary/aromatic N) is 2. The lowest BCUT2D eigenvalue weighted by Crippen LogP contribution is -2.29. The molecule has 1 aliphatic rings. The number of nitro groups is 1. The third-order valence-electron chi connectivity index (χ3n) is 4.40. The van der Waals surface area contributed by atoms with Crippen molar-refractivity contribution in [2.45, 2.75) is 45.1 Å². The SMILES string of the molecule is CC(OC(=O)c1ccc([N+](=O)[O-])o1)C(=O)Nc1sc2c(c1C#N)CCCCC2. The van der Waals surface area contributed by atoms with Crippen molar-refractivity contribution in [3.63, 3.8) is 0 Å². The molecule has 10 heteroatoms. The highest BCUT2D eigenvalue weighted by Crippen LogP contribution is 2.37. The smallest absolute Gasteiger partial charge is 0.433 e. The molecule has 0 saturated heterocycles. The molecule has 9 nitrogen and oxygen atoms in total. The van der Waals surface area contributed by atoms with E-state index < -0.39 is 28.8 Å². The van der Waals surface area contributed by atoms with Crippen LogP contribution in [0.25, 0.3) is 0 Å². The Labute approximate surface area is 164 Å². The molecule has 2 aromatic rings. The summed E-state index contributed by atoms with van der Waals surface area (Å²) in [4.78, 5) is 35.3. The lowest BCUT2D eigenvalue weighted by Gasteiger charge is -2.12. The van der Waals surface area contributed by atoms with Gasteiger partial charge in [0.2, 0.25) is 5.76 Å². The molecule has 0 saturated carbocycles. The van der Waals surface area contributed by atoms with Gasteiger partial charge in [0.25, 0.3) is 5.91 Å². The van der Waals surface area contributed by atoms with Gasteiger partial charge in [0, 0.05) is 4.88 Å². The average molecular weight is 403 g/mol. The molecule has 1 atom stereocenters. The highest BCUT2D eigenvalue weighted by Gasteiger charge is 2.26. The van der Waals surface area contributed by atoms with Crippen molar-refractivity contribution in [1.82, 2.24) is 0 Å². The Bertz CT molecular complexity index is 971. The van der Waals surface area contributed by atoms with Crippen LogP contribution in [-0.4, -0.2) is 22.9 Å². The first-order valence-corrected chi connectivity index (χ1v) is 9.53. The molecule has 0 bridgehead atoms. The second-order valence-corrected chi connectivity index (χ2v) is 7.42. The maximum atomic E-state index is 12.4. The second kappa shape index (κ2) is 8.22. The fourth-order valence-corrected chi connectivity index (χ4v) is 4.21. The van der Waals surface area contributed by atoms with Crippen molar-refractivity contribution in [3.05, 3.63) is 44.0 Å². The summed E-state index contributed by atoms with van der Waals surface area (Å²) < 4.78 is 9.78. The number of rotatable bonds is 5. The Kier molecular flexibility index (Phi) is 5.75. The number of ether oxygens (including phenoxy) is 1. The molecule has 2 heterocycles. The lowest BCUT2D eigenvalue weighted by atomic mass is 10.1. The summed E-state index contributed by atoms with van der Waals surface area (Å²) in [6, 6.07) is 4.30. The number of thiophene rings is 1. The minimum Gasteiger partial charge on any atom is -0.447 e. The quantitative estimate of drug-likeness (QED) is 0.349. The minimum absolute atomic E-state index is 0.369. The molecule has 0 aliphatic heterocycles. The largest absolute Gasteiger partial charge is 0.447 e. The van der Waals surface area contributed by atoms with Crippen LogP contribution < -0.4 is 5.32 Å². The van der Waals surface area contributed by atoms with Gasteiger partial charge in [0.1, 0.15) is 16.0 Å². The summed E-state index contributed by atoms with van der Waals surface area (Å²) in [5.74, 6) is -2.55. The normalized spacial score (nSPS) is 14.3. The van der Waals surface area contributed by atoms with Gasteiger partial charge in [-0.05, 0) is 44.2 Å². The van der Waals surface area contributed by atoms with Crippen LogP contribution in [0, 0.1) is 21.4 Å². The number of amides is 1. The number of esters is 1. The molecule has 1 N–H and O–H groups in total. The zero-order valence-corrected chi connectivity index (χ0v) is 15.8. The summed E-state index contributed by atoms with van der Waals surface area (Å²) in [7, 11) is 0. The first-order chi connectivity index (χ1) is 13.4. The number of carbonyl (C=O) groups is 2. The number of aryl methyl sites for hydroxylation is 1. The van der Waals surface area contributed by atoms with E-state index in [2.05, 4.69) is 11.4 Å². The average Bonchev–Trinajstić information content (AvgIpc) is 3.21. The van der Waals surface area contributed by atoms with Gasteiger partial charge >= 0.3 is 11.9 Å². The summed E-state index contributed by atoms with van der Waals surface area (Å²) >= 11 is 1.38. The van der Waals surface area contributed by atoms with Crippen LogP contribution in [0.4, 0.5) is 10.9 Å². The van der Waals surface area contributed by atoms with Gasteiger partial charge in [-0.25, -0.2) is 4.79 Å². The van der Waals surface area contributed by atoms with E-state index in [1.54, 1.807) is 0 Å². The predicted molar refractivity (Wildman–Crippen MR) is 99.2 cm³/mol. The summed E-state index contributed by atoms with van der Waals surface area (Å²) in [6.45, 7) is 1.37. The molecule has 0 fully saturated rings. The fraction of sp³-hybridized carbons (Fsp3) is 0.389. The van der Waals surface area contributed by atoms with E-state index in [4.69, 9.17) is 9.15 Å². The summed E-state index contributed by atoms with van der Waals surface area (Å²) in [5, 5.41) is 23.2. The van der Waals surface area contributed by atoms with Gasteiger partial charge in [0.15, 0.2) is 6.10 Å².